The second-order valence-corrected chi connectivity index (χ2v) is 4.36. The molecule has 19 heavy (non-hydrogen) atoms. The van der Waals surface area contributed by atoms with Gasteiger partial charge in [-0.2, -0.15) is 4.98 Å². The van der Waals surface area contributed by atoms with Crippen LogP contribution in [0.2, 0.25) is 0 Å². The van der Waals surface area contributed by atoms with E-state index in [1.807, 2.05) is 36.4 Å². The van der Waals surface area contributed by atoms with Crippen molar-refractivity contribution in [3.8, 4) is 5.75 Å². The smallest absolute Gasteiger partial charge is 0.240 e. The number of para-hydroxylation sites is 2. The van der Waals surface area contributed by atoms with Gasteiger partial charge in [-0.1, -0.05) is 12.1 Å². The van der Waals surface area contributed by atoms with Gasteiger partial charge in [0.15, 0.2) is 17.3 Å². The van der Waals surface area contributed by atoms with Crippen molar-refractivity contribution in [1.82, 2.24) is 9.97 Å². The first-order valence-electron chi connectivity index (χ1n) is 6.11. The lowest BCUT2D eigenvalue weighted by Gasteiger charge is -2.24. The van der Waals surface area contributed by atoms with Crippen molar-refractivity contribution in [2.75, 3.05) is 11.9 Å². The summed E-state index contributed by atoms with van der Waals surface area (Å²) < 4.78 is 11.6. The third-order valence-corrected chi connectivity index (χ3v) is 3.09. The van der Waals surface area contributed by atoms with Crippen molar-refractivity contribution >= 4 is 16.9 Å². The van der Waals surface area contributed by atoms with Crippen molar-refractivity contribution in [3.63, 3.8) is 0 Å². The lowest BCUT2D eigenvalue weighted by molar-refractivity contribution is 0.177. The van der Waals surface area contributed by atoms with E-state index >= 15 is 0 Å². The Morgan fingerprint density at radius 1 is 1.16 bits per heavy atom. The fourth-order valence-corrected chi connectivity index (χ4v) is 2.17. The predicted molar refractivity (Wildman–Crippen MR) is 70.1 cm³/mol. The van der Waals surface area contributed by atoms with Gasteiger partial charge < -0.3 is 14.5 Å². The first-order valence-corrected chi connectivity index (χ1v) is 6.11. The number of benzene rings is 1. The molecule has 0 aliphatic carbocycles. The summed E-state index contributed by atoms with van der Waals surface area (Å²) in [5, 5.41) is 3.31. The monoisotopic (exact) mass is 253 g/mol. The van der Waals surface area contributed by atoms with Crippen molar-refractivity contribution in [2.24, 2.45) is 0 Å². The number of hydrogen-bond donors (Lipinski definition) is 1. The van der Waals surface area contributed by atoms with Gasteiger partial charge >= 0.3 is 0 Å². The Kier molecular flexibility index (Phi) is 2.17. The zero-order valence-electron chi connectivity index (χ0n) is 10.0. The molecule has 1 aliphatic rings. The van der Waals surface area contributed by atoms with Gasteiger partial charge in [0, 0.05) is 6.20 Å². The van der Waals surface area contributed by atoms with Gasteiger partial charge in [0.2, 0.25) is 5.89 Å². The predicted octanol–water partition coefficient (Wildman–Crippen LogP) is 2.77. The maximum atomic E-state index is 5.90. The molecule has 3 heterocycles. The van der Waals surface area contributed by atoms with Gasteiger partial charge in [-0.3, -0.25) is 0 Å². The number of ether oxygens (including phenoxy) is 1. The average molecular weight is 253 g/mol. The summed E-state index contributed by atoms with van der Waals surface area (Å²) in [7, 11) is 0. The third kappa shape index (κ3) is 1.71. The number of aromatic nitrogens is 2. The van der Waals surface area contributed by atoms with Gasteiger partial charge in [-0.15, -0.1) is 0 Å². The maximum Gasteiger partial charge on any atom is 0.240 e. The number of oxazole rings is 1. The normalized spacial score (nSPS) is 17.6. The maximum absolute atomic E-state index is 5.90. The SMILES string of the molecule is c1ccc2c(c1)NCC(c1nc3ncccc3o1)O2. The molecule has 1 N–H and O–H groups in total. The van der Waals surface area contributed by atoms with E-state index in [2.05, 4.69) is 15.3 Å². The Bertz CT molecular complexity index is 705. The molecule has 5 nitrogen and oxygen atoms in total. The molecule has 5 heteroatoms. The Labute approximate surface area is 109 Å². The van der Waals surface area contributed by atoms with E-state index in [1.54, 1.807) is 6.20 Å². The van der Waals surface area contributed by atoms with Crippen LogP contribution in [0, 0.1) is 0 Å². The Balaban J connectivity index is 1.70. The van der Waals surface area contributed by atoms with E-state index in [0.717, 1.165) is 11.4 Å². The highest BCUT2D eigenvalue weighted by atomic mass is 16.5. The summed E-state index contributed by atoms with van der Waals surface area (Å²) in [6.07, 6.45) is 1.47. The number of fused-ring (bicyclic) bond motifs is 2. The van der Waals surface area contributed by atoms with Crippen molar-refractivity contribution < 1.29 is 9.15 Å². The molecule has 1 atom stereocenters. The summed E-state index contributed by atoms with van der Waals surface area (Å²) >= 11 is 0. The third-order valence-electron chi connectivity index (χ3n) is 3.09. The minimum atomic E-state index is -0.232. The molecule has 1 aliphatic heterocycles. The molecule has 0 bridgehead atoms. The summed E-state index contributed by atoms with van der Waals surface area (Å²) in [4.78, 5) is 8.53. The van der Waals surface area contributed by atoms with Crippen LogP contribution in [0.15, 0.2) is 47.0 Å². The second-order valence-electron chi connectivity index (χ2n) is 4.36. The van der Waals surface area contributed by atoms with Crippen molar-refractivity contribution in [2.45, 2.75) is 6.10 Å². The Hall–Kier alpha value is -2.56. The van der Waals surface area contributed by atoms with Crippen LogP contribution in [0.1, 0.15) is 12.0 Å². The van der Waals surface area contributed by atoms with Gasteiger partial charge in [-0.25, -0.2) is 4.98 Å². The molecular formula is C14H11N3O2. The van der Waals surface area contributed by atoms with Gasteiger partial charge in [0.25, 0.3) is 0 Å². The molecule has 0 saturated heterocycles. The Morgan fingerprint density at radius 2 is 2.11 bits per heavy atom. The molecule has 0 radical (unpaired) electrons. The van der Waals surface area contributed by atoms with E-state index in [4.69, 9.17) is 9.15 Å². The zero-order chi connectivity index (χ0) is 12.7. The molecule has 1 aromatic carbocycles. The topological polar surface area (TPSA) is 60.2 Å². The van der Waals surface area contributed by atoms with Crippen LogP contribution in [-0.4, -0.2) is 16.5 Å². The zero-order valence-corrected chi connectivity index (χ0v) is 10.0. The summed E-state index contributed by atoms with van der Waals surface area (Å²) in [6.45, 7) is 0.629. The fraction of sp³-hybridized carbons (Fsp3) is 0.143. The Morgan fingerprint density at radius 3 is 3.05 bits per heavy atom. The van der Waals surface area contributed by atoms with Crippen LogP contribution in [-0.2, 0) is 0 Å². The number of pyridine rings is 1. The van der Waals surface area contributed by atoms with E-state index in [1.165, 1.54) is 0 Å². The summed E-state index contributed by atoms with van der Waals surface area (Å²) in [5.41, 5.74) is 2.29. The van der Waals surface area contributed by atoms with Gasteiger partial charge in [0.1, 0.15) is 5.75 Å². The largest absolute Gasteiger partial charge is 0.477 e. The number of anilines is 1. The van der Waals surface area contributed by atoms with E-state index < -0.39 is 0 Å². The molecule has 0 fully saturated rings. The lowest BCUT2D eigenvalue weighted by atomic mass is 10.2. The van der Waals surface area contributed by atoms with Gasteiger partial charge in [-0.05, 0) is 24.3 Å². The molecule has 0 spiro atoms. The van der Waals surface area contributed by atoms with Crippen LogP contribution >= 0.6 is 0 Å². The highest BCUT2D eigenvalue weighted by molar-refractivity contribution is 5.67. The standard InChI is InChI=1S/C14H11N3O2/c1-2-5-10-9(4-1)16-8-12(18-10)14-17-13-11(19-14)6-3-7-15-13/h1-7,12,16H,8H2. The number of hydrogen-bond acceptors (Lipinski definition) is 5. The van der Waals surface area contributed by atoms with Gasteiger partial charge in [0.05, 0.1) is 12.2 Å². The van der Waals surface area contributed by atoms with Crippen LogP contribution in [0.3, 0.4) is 0 Å². The first-order chi connectivity index (χ1) is 9.40. The van der Waals surface area contributed by atoms with E-state index in [-0.39, 0.29) is 6.10 Å². The molecule has 3 aromatic rings. The first kappa shape index (κ1) is 10.4. The molecular weight excluding hydrogens is 242 g/mol. The number of nitrogens with one attached hydrogen (secondary N) is 1. The van der Waals surface area contributed by atoms with Crippen LogP contribution < -0.4 is 10.1 Å². The molecule has 1 unspecified atom stereocenters. The van der Waals surface area contributed by atoms with E-state index in [9.17, 15) is 0 Å². The molecule has 4 rings (SSSR count). The van der Waals surface area contributed by atoms with Crippen LogP contribution in [0.5, 0.6) is 5.75 Å². The molecule has 0 amide bonds. The molecule has 0 saturated carbocycles. The van der Waals surface area contributed by atoms with Crippen LogP contribution in [0.4, 0.5) is 5.69 Å². The number of nitrogens with zero attached hydrogens (tertiary/aromatic N) is 2. The van der Waals surface area contributed by atoms with E-state index in [0.29, 0.717) is 23.7 Å². The summed E-state index contributed by atoms with van der Waals surface area (Å²) in [5.74, 6) is 1.37. The summed E-state index contributed by atoms with van der Waals surface area (Å²) in [6, 6.07) is 11.5. The van der Waals surface area contributed by atoms with Crippen molar-refractivity contribution in [3.05, 3.63) is 48.5 Å². The average Bonchev–Trinajstić information content (AvgIpc) is 2.90. The molecule has 2 aromatic heterocycles. The van der Waals surface area contributed by atoms with Crippen LogP contribution in [0.25, 0.3) is 11.2 Å². The second kappa shape index (κ2) is 3.98. The minimum absolute atomic E-state index is 0.232. The minimum Gasteiger partial charge on any atom is -0.477 e. The lowest BCUT2D eigenvalue weighted by Crippen LogP contribution is -2.23. The highest BCUT2D eigenvalue weighted by Gasteiger charge is 2.25. The highest BCUT2D eigenvalue weighted by Crippen LogP contribution is 2.33. The quantitative estimate of drug-likeness (QED) is 0.722. The molecule has 94 valence electrons. The fourth-order valence-electron chi connectivity index (χ4n) is 2.17. The van der Waals surface area contributed by atoms with Crippen molar-refractivity contribution in [1.29, 1.82) is 0 Å². The number of rotatable bonds is 1.